The first kappa shape index (κ1) is 21.1. The van der Waals surface area contributed by atoms with Crippen molar-refractivity contribution in [2.24, 2.45) is 7.05 Å². The Balaban J connectivity index is 2.08. The number of nitrogens with zero attached hydrogens (tertiary/aromatic N) is 2. The summed E-state index contributed by atoms with van der Waals surface area (Å²) in [5.41, 5.74) is 1.95. The lowest BCUT2D eigenvalue weighted by Crippen LogP contribution is -2.30. The van der Waals surface area contributed by atoms with E-state index in [1.807, 2.05) is 0 Å². The van der Waals surface area contributed by atoms with Crippen LogP contribution in [0.2, 0.25) is 0 Å². The van der Waals surface area contributed by atoms with Crippen molar-refractivity contribution >= 4 is 17.6 Å². The Labute approximate surface area is 160 Å². The van der Waals surface area contributed by atoms with E-state index in [4.69, 9.17) is 9.47 Å². The first-order valence-corrected chi connectivity index (χ1v) is 8.29. The van der Waals surface area contributed by atoms with Gasteiger partial charge < -0.3 is 19.5 Å². The lowest BCUT2D eigenvalue weighted by molar-refractivity contribution is -0.123. The molecule has 0 aliphatic heterocycles. The molecule has 0 fully saturated rings. The Kier molecular flexibility index (Phi) is 6.55. The number of rotatable bonds is 7. The first-order chi connectivity index (χ1) is 13.1. The molecule has 0 aliphatic carbocycles. The summed E-state index contributed by atoms with van der Waals surface area (Å²) in [6, 6.07) is 3.59. The highest BCUT2D eigenvalue weighted by atomic mass is 19.3. The highest BCUT2D eigenvalue weighted by Gasteiger charge is 2.22. The minimum Gasteiger partial charge on any atom is -0.493 e. The van der Waals surface area contributed by atoms with Crippen LogP contribution in [-0.4, -0.2) is 41.5 Å². The van der Waals surface area contributed by atoms with Crippen molar-refractivity contribution in [1.29, 1.82) is 0 Å². The fourth-order valence-corrected chi connectivity index (χ4v) is 2.45. The number of carbonyl (C=O) groups is 2. The number of carbonyl (C=O) groups excluding carboxylic acids is 2. The molecule has 10 heteroatoms. The lowest BCUT2D eigenvalue weighted by atomic mass is 10.2. The van der Waals surface area contributed by atoms with Gasteiger partial charge in [-0.15, -0.1) is 0 Å². The number of alkyl halides is 2. The third-order valence-electron chi connectivity index (χ3n) is 4.03. The lowest BCUT2D eigenvalue weighted by Gasteiger charge is -2.15. The van der Waals surface area contributed by atoms with Crippen LogP contribution >= 0.6 is 0 Å². The number of esters is 1. The number of benzene rings is 1. The van der Waals surface area contributed by atoms with Crippen molar-refractivity contribution in [2.75, 3.05) is 12.4 Å². The summed E-state index contributed by atoms with van der Waals surface area (Å²) >= 11 is 0. The number of anilines is 1. The van der Waals surface area contributed by atoms with Crippen LogP contribution in [-0.2, 0) is 16.6 Å². The summed E-state index contributed by atoms with van der Waals surface area (Å²) in [6.45, 7) is 1.92. The quantitative estimate of drug-likeness (QED) is 0.723. The van der Waals surface area contributed by atoms with E-state index in [1.165, 1.54) is 26.2 Å². The van der Waals surface area contributed by atoms with Crippen LogP contribution in [0.4, 0.5) is 14.5 Å². The van der Waals surface area contributed by atoms with E-state index in [9.17, 15) is 18.4 Å². The summed E-state index contributed by atoms with van der Waals surface area (Å²) < 4.78 is 40.8. The van der Waals surface area contributed by atoms with Crippen molar-refractivity contribution < 1.29 is 32.6 Å². The average Bonchev–Trinajstić information content (AvgIpc) is 2.87. The molecule has 8 nitrogen and oxygen atoms in total. The molecule has 1 amide bonds. The number of halogens is 2. The maximum atomic E-state index is 12.4. The Morgan fingerprint density at radius 2 is 1.89 bits per heavy atom. The summed E-state index contributed by atoms with van der Waals surface area (Å²) in [4.78, 5) is 24.6. The van der Waals surface area contributed by atoms with E-state index in [1.54, 1.807) is 25.6 Å². The van der Waals surface area contributed by atoms with E-state index in [0.29, 0.717) is 11.4 Å². The predicted octanol–water partition coefficient (Wildman–Crippen LogP) is 2.83. The van der Waals surface area contributed by atoms with Crippen LogP contribution in [0.15, 0.2) is 18.2 Å². The van der Waals surface area contributed by atoms with Gasteiger partial charge in [0.1, 0.15) is 0 Å². The van der Waals surface area contributed by atoms with Crippen LogP contribution in [0.3, 0.4) is 0 Å². The molecule has 0 saturated carbocycles. The van der Waals surface area contributed by atoms with E-state index < -0.39 is 24.6 Å². The topological polar surface area (TPSA) is 91.7 Å². The summed E-state index contributed by atoms with van der Waals surface area (Å²) in [6.07, 6.45) is -1.10. The van der Waals surface area contributed by atoms with Gasteiger partial charge in [0.2, 0.25) is 0 Å². The van der Waals surface area contributed by atoms with Gasteiger partial charge in [-0.3, -0.25) is 9.48 Å². The van der Waals surface area contributed by atoms with Gasteiger partial charge in [-0.25, -0.2) is 4.79 Å². The molecule has 1 aromatic heterocycles. The maximum Gasteiger partial charge on any atom is 0.387 e. The summed E-state index contributed by atoms with van der Waals surface area (Å²) in [5.74, 6) is -1.63. The van der Waals surface area contributed by atoms with Gasteiger partial charge in [0.15, 0.2) is 17.6 Å². The predicted molar refractivity (Wildman–Crippen MR) is 95.8 cm³/mol. The second kappa shape index (κ2) is 8.68. The largest absolute Gasteiger partial charge is 0.493 e. The number of nitrogens with one attached hydrogen (secondary N) is 1. The minimum absolute atomic E-state index is 0.0202. The van der Waals surface area contributed by atoms with E-state index in [0.717, 1.165) is 11.8 Å². The molecule has 0 radical (unpaired) electrons. The smallest absolute Gasteiger partial charge is 0.387 e. The molecule has 1 heterocycles. The van der Waals surface area contributed by atoms with E-state index >= 15 is 0 Å². The zero-order chi connectivity index (χ0) is 21.0. The highest BCUT2D eigenvalue weighted by Crippen LogP contribution is 2.30. The Hall–Kier alpha value is -3.17. The van der Waals surface area contributed by atoms with Gasteiger partial charge >= 0.3 is 12.6 Å². The number of methoxy groups -OCH3 is 1. The van der Waals surface area contributed by atoms with Crippen molar-refractivity contribution in [2.45, 2.75) is 33.5 Å². The second-order valence-corrected chi connectivity index (χ2v) is 5.95. The van der Waals surface area contributed by atoms with Gasteiger partial charge in [0.05, 0.1) is 29.7 Å². The molecule has 0 aliphatic rings. The molecule has 28 heavy (non-hydrogen) atoms. The normalized spacial score (nSPS) is 11.9. The first-order valence-electron chi connectivity index (χ1n) is 8.29. The molecule has 2 rings (SSSR count). The molecule has 152 valence electrons. The molecule has 0 unspecified atom stereocenters. The minimum atomic E-state index is -3.03. The number of hydrogen-bond acceptors (Lipinski definition) is 6. The molecular formula is C18H21F2N3O5. The standard InChI is InChI=1S/C18H21F2N3O5/c1-9-15(10(2)23(4)22-9)21-16(24)11(3)27-17(25)12-6-7-13(28-18(19)20)14(8-12)26-5/h6-8,11,18H,1-5H3,(H,21,24)/t11-/m0/s1. The number of aryl methyl sites for hydroxylation is 2. The fourth-order valence-electron chi connectivity index (χ4n) is 2.45. The van der Waals surface area contributed by atoms with Crippen molar-refractivity contribution in [3.05, 3.63) is 35.2 Å². The van der Waals surface area contributed by atoms with Crippen molar-refractivity contribution in [3.63, 3.8) is 0 Å². The fraction of sp³-hybridized carbons (Fsp3) is 0.389. The Morgan fingerprint density at radius 1 is 1.21 bits per heavy atom. The van der Waals surface area contributed by atoms with Crippen LogP contribution in [0, 0.1) is 13.8 Å². The zero-order valence-corrected chi connectivity index (χ0v) is 16.1. The van der Waals surface area contributed by atoms with Crippen LogP contribution in [0.1, 0.15) is 28.7 Å². The number of hydrogen-bond donors (Lipinski definition) is 1. The average molecular weight is 397 g/mol. The molecule has 1 aromatic carbocycles. The van der Waals surface area contributed by atoms with Gasteiger partial charge in [0, 0.05) is 7.05 Å². The third-order valence-corrected chi connectivity index (χ3v) is 4.03. The maximum absolute atomic E-state index is 12.4. The van der Waals surface area contributed by atoms with E-state index in [-0.39, 0.29) is 17.1 Å². The van der Waals surface area contributed by atoms with Crippen molar-refractivity contribution in [3.8, 4) is 11.5 Å². The molecule has 0 saturated heterocycles. The Bertz CT molecular complexity index is 882. The molecule has 1 atom stereocenters. The monoisotopic (exact) mass is 397 g/mol. The highest BCUT2D eigenvalue weighted by molar-refractivity contribution is 5.98. The number of amides is 1. The van der Waals surface area contributed by atoms with Crippen LogP contribution in [0.5, 0.6) is 11.5 Å². The number of aromatic nitrogens is 2. The molecular weight excluding hydrogens is 376 g/mol. The van der Waals surface area contributed by atoms with Crippen LogP contribution < -0.4 is 14.8 Å². The number of ether oxygens (including phenoxy) is 3. The van der Waals surface area contributed by atoms with E-state index in [2.05, 4.69) is 15.2 Å². The summed E-state index contributed by atoms with van der Waals surface area (Å²) in [7, 11) is 2.99. The van der Waals surface area contributed by atoms with Gasteiger partial charge in [0.25, 0.3) is 5.91 Å². The van der Waals surface area contributed by atoms with Gasteiger partial charge in [-0.1, -0.05) is 0 Å². The van der Waals surface area contributed by atoms with Crippen LogP contribution in [0.25, 0.3) is 0 Å². The summed E-state index contributed by atoms with van der Waals surface area (Å²) in [5, 5.41) is 6.88. The third kappa shape index (κ3) is 4.76. The molecule has 0 spiro atoms. The van der Waals surface area contributed by atoms with Gasteiger partial charge in [-0.2, -0.15) is 13.9 Å². The zero-order valence-electron chi connectivity index (χ0n) is 16.1. The molecule has 1 N–H and O–H groups in total. The second-order valence-electron chi connectivity index (χ2n) is 5.95. The Morgan fingerprint density at radius 3 is 2.43 bits per heavy atom. The molecule has 0 bridgehead atoms. The van der Waals surface area contributed by atoms with Crippen molar-refractivity contribution in [1.82, 2.24) is 9.78 Å². The van der Waals surface area contributed by atoms with Gasteiger partial charge in [-0.05, 0) is 39.0 Å². The SMILES string of the molecule is COc1cc(C(=O)O[C@@H](C)C(=O)Nc2c(C)nn(C)c2C)ccc1OC(F)F. The molecule has 2 aromatic rings.